The highest BCUT2D eigenvalue weighted by molar-refractivity contribution is 5.88. The van der Waals surface area contributed by atoms with Gasteiger partial charge in [-0.15, -0.1) is 12.8 Å². The SMILES string of the molecule is C.C#CCN(c1cc(OC)cc(OC)c1)c1ccc2ncc(-c3cn[nH]c3)nc2c1.C#CCN(c1cc(OC)cc(OC)c1)c1ccc2ncc(-c3cnn(C(C)C)c3)nc2c1.COc1cc(OC)cc(N(CC#Cc2cc(C)ccn2)c2ccc3ncc(-c4cnn(C)c4)nc3c2)c1.COc1cc(OC)cc(N(CCNC(C)C)c2ccc3ncc(-c4cnn(C)c4CO)nc3c2)c1. The van der Waals surface area contributed by atoms with Gasteiger partial charge < -0.3 is 67.9 Å². The van der Waals surface area contributed by atoms with E-state index in [2.05, 4.69) is 117 Å². The molecule has 9 heterocycles. The summed E-state index contributed by atoms with van der Waals surface area (Å²) in [4.78, 5) is 50.3. The second-order valence-electron chi connectivity index (χ2n) is 30.9. The van der Waals surface area contributed by atoms with E-state index < -0.39 is 0 Å². The van der Waals surface area contributed by atoms with Crippen LogP contribution in [0.5, 0.6) is 46.0 Å². The molecule has 0 radical (unpaired) electrons. The Bertz CT molecular complexity index is 6980. The van der Waals surface area contributed by atoms with E-state index in [0.29, 0.717) is 71.6 Å². The molecule has 0 saturated heterocycles. The van der Waals surface area contributed by atoms with Gasteiger partial charge in [-0.3, -0.25) is 39.1 Å². The van der Waals surface area contributed by atoms with E-state index in [1.165, 1.54) is 0 Å². The molecule has 0 aliphatic heterocycles. The van der Waals surface area contributed by atoms with Crippen LogP contribution >= 0.6 is 0 Å². The number of hydrogen-bond donors (Lipinski definition) is 3. The highest BCUT2D eigenvalue weighted by Crippen LogP contribution is 2.40. The van der Waals surface area contributed by atoms with E-state index in [1.807, 2.05) is 205 Å². The second-order valence-corrected chi connectivity index (χ2v) is 30.9. The maximum atomic E-state index is 9.77. The van der Waals surface area contributed by atoms with Crippen LogP contribution in [0.25, 0.3) is 89.2 Å². The number of aromatic amines is 1. The van der Waals surface area contributed by atoms with Crippen LogP contribution in [-0.2, 0) is 20.7 Å². The van der Waals surface area contributed by atoms with E-state index >= 15 is 0 Å². The molecule has 0 atom stereocenters. The smallest absolute Gasteiger partial charge is 0.124 e. The molecule has 0 unspecified atom stereocenters. The quantitative estimate of drug-likeness (QED) is 0.0367. The summed E-state index contributed by atoms with van der Waals surface area (Å²) in [6.45, 7) is 13.0. The Kier molecular flexibility index (Phi) is 31.6. The topological polar surface area (TPSA) is 317 Å². The largest absolute Gasteiger partial charge is 0.497 e. The van der Waals surface area contributed by atoms with E-state index in [1.54, 1.807) is 129 Å². The lowest BCUT2D eigenvalue weighted by Crippen LogP contribution is -2.32. The van der Waals surface area contributed by atoms with Gasteiger partial charge >= 0.3 is 0 Å². The van der Waals surface area contributed by atoms with Crippen molar-refractivity contribution < 1.29 is 43.0 Å². The summed E-state index contributed by atoms with van der Waals surface area (Å²) < 4.78 is 49.0. The molecule has 0 fully saturated rings. The van der Waals surface area contributed by atoms with Crippen molar-refractivity contribution in [1.82, 2.24) is 89.7 Å². The summed E-state index contributed by atoms with van der Waals surface area (Å²) >= 11 is 0. The number of terminal acetylenes is 2. The van der Waals surface area contributed by atoms with Crippen LogP contribution in [0.3, 0.4) is 0 Å². The molecule has 31 nitrogen and oxygen atoms in total. The van der Waals surface area contributed by atoms with Gasteiger partial charge in [-0.25, -0.2) is 24.9 Å². The first-order valence-electron chi connectivity index (χ1n) is 42.5. The lowest BCUT2D eigenvalue weighted by Gasteiger charge is -2.27. The van der Waals surface area contributed by atoms with Crippen molar-refractivity contribution in [2.45, 2.75) is 60.7 Å². The van der Waals surface area contributed by atoms with Gasteiger partial charge in [0.05, 0.1) is 205 Å². The fourth-order valence-corrected chi connectivity index (χ4v) is 14.4. The molecule has 0 bridgehead atoms. The third-order valence-corrected chi connectivity index (χ3v) is 21.4. The van der Waals surface area contributed by atoms with Crippen molar-refractivity contribution in [3.8, 4) is 128 Å². The van der Waals surface area contributed by atoms with Gasteiger partial charge in [-0.05, 0) is 117 Å². The Balaban J connectivity index is 0.000000152. The molecule has 17 rings (SSSR count). The van der Waals surface area contributed by atoms with Gasteiger partial charge in [0.2, 0.25) is 0 Å². The molecule has 0 aliphatic carbocycles. The van der Waals surface area contributed by atoms with Gasteiger partial charge in [0.15, 0.2) is 0 Å². The molecule has 0 spiro atoms. The zero-order chi connectivity index (χ0) is 93.6. The van der Waals surface area contributed by atoms with Crippen LogP contribution in [-0.4, -0.2) is 185 Å². The molecule has 0 aliphatic rings. The average Bonchev–Trinajstić information content (AvgIpc) is 1.31. The number of nitrogens with zero attached hydrogens (tertiary/aromatic N) is 20. The summed E-state index contributed by atoms with van der Waals surface area (Å²) in [5, 5.41) is 32.9. The first-order valence-corrected chi connectivity index (χ1v) is 42.5. The molecule has 9 aromatic heterocycles. The molecule has 31 heteroatoms. The number of hydrogen-bond acceptors (Lipinski definition) is 27. The summed E-state index contributed by atoms with van der Waals surface area (Å²) in [7, 11) is 16.7. The Morgan fingerprint density at radius 3 is 1.19 bits per heavy atom. The Labute approximate surface area is 778 Å². The monoisotopic (exact) mass is 1790 g/mol. The van der Waals surface area contributed by atoms with E-state index in [9.17, 15) is 5.11 Å². The summed E-state index contributed by atoms with van der Waals surface area (Å²) in [5.74, 6) is 17.5. The number of aliphatic hydroxyl groups excluding tert-OH is 1. The van der Waals surface area contributed by atoms with Crippen LogP contribution in [0.2, 0.25) is 0 Å². The number of rotatable bonds is 29. The molecule has 134 heavy (non-hydrogen) atoms. The van der Waals surface area contributed by atoms with E-state index in [-0.39, 0.29) is 20.1 Å². The van der Waals surface area contributed by atoms with E-state index in [4.69, 9.17) is 70.7 Å². The van der Waals surface area contributed by atoms with Gasteiger partial charge in [0.1, 0.15) is 51.7 Å². The zero-order valence-electron chi connectivity index (χ0n) is 76.6. The number of pyridine rings is 1. The maximum Gasteiger partial charge on any atom is 0.124 e. The van der Waals surface area contributed by atoms with Gasteiger partial charge in [0.25, 0.3) is 0 Å². The summed E-state index contributed by atoms with van der Waals surface area (Å²) in [6, 6.07) is 51.3. The zero-order valence-corrected chi connectivity index (χ0v) is 76.6. The Morgan fingerprint density at radius 1 is 0.418 bits per heavy atom. The van der Waals surface area contributed by atoms with Gasteiger partial charge in [-0.2, -0.15) is 20.4 Å². The van der Waals surface area contributed by atoms with Crippen molar-refractivity contribution in [1.29, 1.82) is 0 Å². The minimum Gasteiger partial charge on any atom is -0.497 e. The van der Waals surface area contributed by atoms with Crippen LogP contribution in [0, 0.1) is 43.5 Å². The lowest BCUT2D eigenvalue weighted by atomic mass is 10.1. The molecule has 682 valence electrons. The molecule has 3 N–H and O–H groups in total. The summed E-state index contributed by atoms with van der Waals surface area (Å²) in [5.41, 5.74) is 22.4. The molecular formula is C103H106N22O9. The number of H-pyrrole nitrogens is 1. The first-order chi connectivity index (χ1) is 64.7. The number of benzene rings is 8. The molecular weight excluding hydrogens is 1690 g/mol. The number of ether oxygens (including phenoxy) is 8. The number of aromatic nitrogens is 17. The summed E-state index contributed by atoms with van der Waals surface area (Å²) in [6.07, 6.45) is 32.8. The fourth-order valence-electron chi connectivity index (χ4n) is 14.4. The lowest BCUT2D eigenvalue weighted by molar-refractivity contribution is 0.271. The highest BCUT2D eigenvalue weighted by atomic mass is 16.5. The third kappa shape index (κ3) is 23.1. The average molecular weight is 1800 g/mol. The van der Waals surface area contributed by atoms with Crippen LogP contribution in [0.4, 0.5) is 45.5 Å². The third-order valence-electron chi connectivity index (χ3n) is 21.4. The second kappa shape index (κ2) is 44.6. The number of nitrogens with one attached hydrogen (secondary N) is 2. The normalized spacial score (nSPS) is 10.7. The molecule has 0 saturated carbocycles. The predicted octanol–water partition coefficient (Wildman–Crippen LogP) is 17.9. The predicted molar refractivity (Wildman–Crippen MR) is 527 cm³/mol. The maximum absolute atomic E-state index is 9.77. The van der Waals surface area contributed by atoms with Crippen molar-refractivity contribution >= 4 is 89.6 Å². The Morgan fingerprint density at radius 2 is 0.813 bits per heavy atom. The molecule has 8 aromatic carbocycles. The van der Waals surface area contributed by atoms with Crippen molar-refractivity contribution in [3.63, 3.8) is 0 Å². The van der Waals surface area contributed by atoms with Crippen LogP contribution in [0.1, 0.15) is 58.1 Å². The minimum absolute atomic E-state index is 0. The number of fused-ring (bicyclic) bond motifs is 4. The van der Waals surface area contributed by atoms with Crippen molar-refractivity contribution in [2.75, 3.05) is 109 Å². The van der Waals surface area contributed by atoms with E-state index in [0.717, 1.165) is 165 Å². The Hall–Kier alpha value is -16.7. The number of aliphatic hydroxyl groups is 1. The van der Waals surface area contributed by atoms with Gasteiger partial charge in [-0.1, -0.05) is 39.0 Å². The van der Waals surface area contributed by atoms with Crippen LogP contribution in [0.15, 0.2) is 232 Å². The molecule has 0 amide bonds. The van der Waals surface area contributed by atoms with Crippen molar-refractivity contribution in [2.24, 2.45) is 14.1 Å². The molecule has 17 aromatic rings. The van der Waals surface area contributed by atoms with Crippen molar-refractivity contribution in [3.05, 3.63) is 249 Å². The fraction of sp³-hybridized carbons (Fsp3) is 0.233. The number of methoxy groups -OCH3 is 8. The van der Waals surface area contributed by atoms with Gasteiger partial charge in [0, 0.05) is 205 Å². The standard InChI is InChI=1S/C29H26N6O2.C26H32N6O3.C25H25N5O2.C22H19N5O2.CH4/c1-20-9-10-30-22(12-20)6-5-11-35(24-13-25(36-3)16-26(14-24)37-4)23-7-8-27-28(15-23)33-29(18-31-27)21-17-32-34(2)19-21;1-17(2)27-8-9-32(19-10-20(34-4)13-21(11-19)35-5)18-6-7-23-24(12-18)30-25(15-28-23)22-14-29-31(3)26(22)16-33;1-6-9-29(20-10-21(31-4)13-22(11-20)32-5)19-7-8-23-24(12-19)28-25(15-26-23)18-14-27-30(16-18)17(2)3;1-4-7-27(17-8-18(28-2)11-19(9-17)29-3)16-5-6-20-21(10-16)26-22(14-23-20)15-12-24-25-13-15;/h7-10,12-19H,11H2,1-4H3;6-7,10-15,17,27,33H,8-9,16H2,1-5H3;1,7-8,10-17H,9H2,2-5H3;1,5-6,8-14H,7H2,2-3H3,(H,24,25);1H4. The first kappa shape index (κ1) is 94.9. The number of anilines is 8. The number of aryl methyl sites for hydroxylation is 3. The minimum atomic E-state index is -0.125. The highest BCUT2D eigenvalue weighted by Gasteiger charge is 2.22. The van der Waals surface area contributed by atoms with Crippen LogP contribution < -0.4 is 62.8 Å².